The summed E-state index contributed by atoms with van der Waals surface area (Å²) in [6, 6.07) is 11.1. The molecule has 2 saturated heterocycles. The summed E-state index contributed by atoms with van der Waals surface area (Å²) in [6.45, 7) is 4.66. The van der Waals surface area contributed by atoms with Crippen LogP contribution < -0.4 is 9.47 Å². The molecule has 9 heteroatoms. The van der Waals surface area contributed by atoms with E-state index in [0.29, 0.717) is 29.7 Å². The molecule has 0 aromatic heterocycles. The quantitative estimate of drug-likeness (QED) is 0.471. The minimum absolute atomic E-state index is 0.0181. The first-order chi connectivity index (χ1) is 17.8. The molecule has 2 aromatic rings. The minimum atomic E-state index is -0.964. The Morgan fingerprint density at radius 1 is 0.973 bits per heavy atom. The topological polar surface area (TPSA) is 68.3 Å². The van der Waals surface area contributed by atoms with Crippen molar-refractivity contribution in [3.63, 3.8) is 0 Å². The molecule has 4 rings (SSSR count). The summed E-state index contributed by atoms with van der Waals surface area (Å²) in [5.74, 6) is 0.714. The van der Waals surface area contributed by atoms with Crippen LogP contribution in [0.25, 0.3) is 0 Å². The number of aryl methyl sites for hydroxylation is 1. The van der Waals surface area contributed by atoms with E-state index >= 15 is 0 Å². The van der Waals surface area contributed by atoms with Crippen LogP contribution in [0.3, 0.4) is 0 Å². The van der Waals surface area contributed by atoms with Crippen molar-refractivity contribution in [2.75, 3.05) is 46.0 Å². The molecule has 0 saturated carbocycles. The van der Waals surface area contributed by atoms with Crippen LogP contribution in [0.2, 0.25) is 5.02 Å². The second-order valence-corrected chi connectivity index (χ2v) is 10.1. The summed E-state index contributed by atoms with van der Waals surface area (Å²) in [7, 11) is 0. The molecule has 0 unspecified atom stereocenters. The fourth-order valence-corrected chi connectivity index (χ4v) is 4.82. The highest BCUT2D eigenvalue weighted by atomic mass is 35.5. The first kappa shape index (κ1) is 27.2. The van der Waals surface area contributed by atoms with Crippen LogP contribution in [-0.4, -0.2) is 73.2 Å². The number of carbonyl (C=O) groups is 2. The lowest BCUT2D eigenvalue weighted by atomic mass is 9.96. The molecular formula is C28H34ClFN2O5. The van der Waals surface area contributed by atoms with Gasteiger partial charge in [0.25, 0.3) is 0 Å². The molecule has 0 N–H and O–H groups in total. The Labute approximate surface area is 222 Å². The number of carbonyl (C=O) groups excluding carboxylic acids is 2. The monoisotopic (exact) mass is 532 g/mol. The van der Waals surface area contributed by atoms with Crippen molar-refractivity contribution in [2.45, 2.75) is 44.6 Å². The first-order valence-corrected chi connectivity index (χ1v) is 13.2. The van der Waals surface area contributed by atoms with Crippen molar-refractivity contribution < 1.29 is 28.2 Å². The average molecular weight is 533 g/mol. The largest absolute Gasteiger partial charge is 0.493 e. The van der Waals surface area contributed by atoms with Crippen LogP contribution in [0.5, 0.6) is 11.5 Å². The molecule has 2 aromatic carbocycles. The highest BCUT2D eigenvalue weighted by molar-refractivity contribution is 6.31. The van der Waals surface area contributed by atoms with E-state index in [2.05, 4.69) is 0 Å². The summed E-state index contributed by atoms with van der Waals surface area (Å²) >= 11 is 6.15. The predicted molar refractivity (Wildman–Crippen MR) is 139 cm³/mol. The molecule has 0 aliphatic carbocycles. The lowest BCUT2D eigenvalue weighted by Crippen LogP contribution is -2.58. The van der Waals surface area contributed by atoms with Gasteiger partial charge in [0.15, 0.2) is 0 Å². The molecule has 1 atom stereocenters. The molecule has 0 radical (unpaired) electrons. The Bertz CT molecular complexity index is 1080. The second kappa shape index (κ2) is 12.6. The van der Waals surface area contributed by atoms with Gasteiger partial charge in [-0.1, -0.05) is 11.6 Å². The van der Waals surface area contributed by atoms with Gasteiger partial charge in [-0.05, 0) is 74.2 Å². The summed E-state index contributed by atoms with van der Waals surface area (Å²) in [6.07, 6.45) is 3.42. The molecule has 2 aliphatic rings. The van der Waals surface area contributed by atoms with E-state index in [1.165, 1.54) is 24.3 Å². The second-order valence-electron chi connectivity index (χ2n) is 9.72. The van der Waals surface area contributed by atoms with E-state index in [9.17, 15) is 14.0 Å². The van der Waals surface area contributed by atoms with Crippen molar-refractivity contribution >= 4 is 23.4 Å². The van der Waals surface area contributed by atoms with E-state index in [4.69, 9.17) is 25.8 Å². The molecule has 2 aliphatic heterocycles. The zero-order chi connectivity index (χ0) is 26.3. The lowest BCUT2D eigenvalue weighted by Gasteiger charge is -2.43. The SMILES string of the molecule is Cc1cc(OC[C@]2(CC(=O)N3CCCCC3)CN(C(=O)CCOc3ccc(F)cc3)CCO2)ccc1Cl. The van der Waals surface area contributed by atoms with Gasteiger partial charge in [-0.2, -0.15) is 0 Å². The highest BCUT2D eigenvalue weighted by Gasteiger charge is 2.42. The number of morpholine rings is 1. The molecule has 2 fully saturated rings. The third-order valence-electron chi connectivity index (χ3n) is 6.81. The number of likely N-dealkylation sites (tertiary alicyclic amines) is 1. The number of piperidine rings is 1. The maximum atomic E-state index is 13.2. The van der Waals surface area contributed by atoms with Gasteiger partial charge in [-0.15, -0.1) is 0 Å². The summed E-state index contributed by atoms with van der Waals surface area (Å²) in [4.78, 5) is 29.9. The van der Waals surface area contributed by atoms with Crippen molar-refractivity contribution in [1.29, 1.82) is 0 Å². The van der Waals surface area contributed by atoms with Gasteiger partial charge in [0.2, 0.25) is 11.8 Å². The molecule has 7 nitrogen and oxygen atoms in total. The molecule has 0 spiro atoms. The predicted octanol–water partition coefficient (Wildman–Crippen LogP) is 4.64. The normalized spacial score (nSPS) is 20.0. The van der Waals surface area contributed by atoms with Gasteiger partial charge < -0.3 is 24.0 Å². The number of benzene rings is 2. The van der Waals surface area contributed by atoms with Crippen LogP contribution in [0.4, 0.5) is 4.39 Å². The van der Waals surface area contributed by atoms with Crippen LogP contribution in [0.15, 0.2) is 42.5 Å². The number of rotatable bonds is 9. The fourth-order valence-electron chi connectivity index (χ4n) is 4.70. The standard InChI is InChI=1S/C28H34ClFN2O5/c1-21-17-24(9-10-25(21)29)36-20-28(18-27(34)31-12-3-2-4-13-31)19-32(14-16-37-28)26(33)11-15-35-23-7-5-22(30)6-8-23/h5-10,17H,2-4,11-16,18-20H2,1H3/t28-/m0/s1. The van der Waals surface area contributed by atoms with Crippen LogP contribution in [0, 0.1) is 12.7 Å². The minimum Gasteiger partial charge on any atom is -0.493 e. The van der Waals surface area contributed by atoms with E-state index in [1.807, 2.05) is 17.9 Å². The van der Waals surface area contributed by atoms with Crippen LogP contribution in [-0.2, 0) is 14.3 Å². The van der Waals surface area contributed by atoms with Gasteiger partial charge in [-0.25, -0.2) is 4.39 Å². The molecule has 37 heavy (non-hydrogen) atoms. The zero-order valence-corrected chi connectivity index (χ0v) is 22.0. The van der Waals surface area contributed by atoms with E-state index in [0.717, 1.165) is 37.9 Å². The summed E-state index contributed by atoms with van der Waals surface area (Å²) in [5.41, 5.74) is -0.0755. The molecule has 2 heterocycles. The van der Waals surface area contributed by atoms with Crippen LogP contribution in [0.1, 0.15) is 37.7 Å². The molecular weight excluding hydrogens is 499 g/mol. The van der Waals surface area contributed by atoms with Gasteiger partial charge in [-0.3, -0.25) is 9.59 Å². The lowest BCUT2D eigenvalue weighted by molar-refractivity contribution is -0.166. The third-order valence-corrected chi connectivity index (χ3v) is 7.24. The van der Waals surface area contributed by atoms with Gasteiger partial charge in [0, 0.05) is 24.7 Å². The maximum absolute atomic E-state index is 13.2. The number of halogens is 2. The van der Waals surface area contributed by atoms with E-state index < -0.39 is 5.60 Å². The van der Waals surface area contributed by atoms with Crippen molar-refractivity contribution in [3.05, 3.63) is 58.9 Å². The Kier molecular flexibility index (Phi) is 9.27. The van der Waals surface area contributed by atoms with Crippen LogP contribution >= 0.6 is 11.6 Å². The van der Waals surface area contributed by atoms with Crippen molar-refractivity contribution in [3.8, 4) is 11.5 Å². The van der Waals surface area contributed by atoms with Crippen molar-refractivity contribution in [1.82, 2.24) is 9.80 Å². The molecule has 2 amide bonds. The average Bonchev–Trinajstić information content (AvgIpc) is 2.91. The van der Waals surface area contributed by atoms with Gasteiger partial charge in [0.05, 0.1) is 32.6 Å². The Morgan fingerprint density at radius 3 is 2.43 bits per heavy atom. The summed E-state index contributed by atoms with van der Waals surface area (Å²) < 4.78 is 31.0. The number of hydrogen-bond acceptors (Lipinski definition) is 5. The molecule has 200 valence electrons. The summed E-state index contributed by atoms with van der Waals surface area (Å²) in [5, 5.41) is 0.649. The van der Waals surface area contributed by atoms with Gasteiger partial charge >= 0.3 is 0 Å². The number of hydrogen-bond donors (Lipinski definition) is 0. The fraction of sp³-hybridized carbons (Fsp3) is 0.500. The number of amides is 2. The third kappa shape index (κ3) is 7.58. The Balaban J connectivity index is 1.41. The molecule has 0 bridgehead atoms. The maximum Gasteiger partial charge on any atom is 0.226 e. The number of nitrogens with zero attached hydrogens (tertiary/aromatic N) is 2. The number of ether oxygens (including phenoxy) is 3. The van der Waals surface area contributed by atoms with E-state index in [1.54, 1.807) is 17.0 Å². The smallest absolute Gasteiger partial charge is 0.226 e. The zero-order valence-electron chi connectivity index (χ0n) is 21.2. The first-order valence-electron chi connectivity index (χ1n) is 12.8. The van der Waals surface area contributed by atoms with Crippen molar-refractivity contribution in [2.24, 2.45) is 0 Å². The Morgan fingerprint density at radius 2 is 1.70 bits per heavy atom. The Hall–Kier alpha value is -2.84. The van der Waals surface area contributed by atoms with Gasteiger partial charge in [0.1, 0.15) is 29.5 Å². The van der Waals surface area contributed by atoms with E-state index in [-0.39, 0.29) is 50.2 Å². The highest BCUT2D eigenvalue weighted by Crippen LogP contribution is 2.28.